The standard InChI is InChI=1S/C35H37Cl2N3O5/c1-22(38-20-33(43)28-10-12-32(42)29(17-28)21-41)13-24-3-2-4-25(14-24)16-34(44)39-18-23-5-8-27(9-6-23)35(45)40-19-26-7-11-30(36)31(37)15-26/h2-12,14-15,17,22,33,38,41-43H,13,16,18-21H2,1H3,(H,39,44)(H,40,45)/t22-,33+/m1/s1. The van der Waals surface area contributed by atoms with Crippen LogP contribution in [0.1, 0.15) is 56.8 Å². The molecule has 2 atom stereocenters. The molecule has 6 N–H and O–H groups in total. The number of aliphatic hydroxyl groups is 2. The highest BCUT2D eigenvalue weighted by molar-refractivity contribution is 6.42. The number of phenols is 1. The first-order valence-electron chi connectivity index (χ1n) is 14.6. The van der Waals surface area contributed by atoms with Gasteiger partial charge in [-0.05, 0) is 77.6 Å². The van der Waals surface area contributed by atoms with E-state index in [2.05, 4.69) is 16.0 Å². The summed E-state index contributed by atoms with van der Waals surface area (Å²) in [6.45, 7) is 2.69. The van der Waals surface area contributed by atoms with Crippen molar-refractivity contribution in [1.82, 2.24) is 16.0 Å². The summed E-state index contributed by atoms with van der Waals surface area (Å²) in [5.74, 6) is -0.329. The number of aromatic hydroxyl groups is 1. The zero-order chi connectivity index (χ0) is 32.3. The van der Waals surface area contributed by atoms with Crippen LogP contribution >= 0.6 is 23.2 Å². The number of halogens is 2. The van der Waals surface area contributed by atoms with Crippen LogP contribution in [0.3, 0.4) is 0 Å². The third kappa shape index (κ3) is 10.3. The average Bonchev–Trinajstić information content (AvgIpc) is 3.03. The van der Waals surface area contributed by atoms with Crippen molar-refractivity contribution in [2.45, 2.75) is 51.6 Å². The molecule has 0 heterocycles. The predicted molar refractivity (Wildman–Crippen MR) is 176 cm³/mol. The average molecular weight is 651 g/mol. The number of benzene rings is 4. The predicted octanol–water partition coefficient (Wildman–Crippen LogP) is 5.23. The zero-order valence-electron chi connectivity index (χ0n) is 24.9. The van der Waals surface area contributed by atoms with E-state index >= 15 is 0 Å². The van der Waals surface area contributed by atoms with Crippen LogP contribution in [0, 0.1) is 0 Å². The largest absolute Gasteiger partial charge is 0.508 e. The Hall–Kier alpha value is -3.92. The van der Waals surface area contributed by atoms with E-state index in [4.69, 9.17) is 23.2 Å². The van der Waals surface area contributed by atoms with Gasteiger partial charge in [-0.1, -0.05) is 71.7 Å². The van der Waals surface area contributed by atoms with Gasteiger partial charge in [-0.25, -0.2) is 0 Å². The Morgan fingerprint density at radius 2 is 1.51 bits per heavy atom. The van der Waals surface area contributed by atoms with Crippen LogP contribution in [-0.4, -0.2) is 39.7 Å². The Kier molecular flexibility index (Phi) is 12.4. The van der Waals surface area contributed by atoms with Crippen molar-refractivity contribution in [2.24, 2.45) is 0 Å². The lowest BCUT2D eigenvalue weighted by Crippen LogP contribution is -2.32. The molecule has 2 amide bonds. The quantitative estimate of drug-likeness (QED) is 0.111. The minimum Gasteiger partial charge on any atom is -0.508 e. The van der Waals surface area contributed by atoms with Gasteiger partial charge in [0.25, 0.3) is 5.91 Å². The molecule has 0 aliphatic carbocycles. The van der Waals surface area contributed by atoms with Crippen LogP contribution in [0.4, 0.5) is 0 Å². The smallest absolute Gasteiger partial charge is 0.251 e. The summed E-state index contributed by atoms with van der Waals surface area (Å²) in [4.78, 5) is 25.2. The second-order valence-corrected chi connectivity index (χ2v) is 11.8. The first-order valence-corrected chi connectivity index (χ1v) is 15.4. The first kappa shape index (κ1) is 34.0. The molecule has 0 unspecified atom stereocenters. The Balaban J connectivity index is 1.20. The Bertz CT molecular complexity index is 1610. The van der Waals surface area contributed by atoms with Gasteiger partial charge in [0.2, 0.25) is 5.91 Å². The molecule has 45 heavy (non-hydrogen) atoms. The molecule has 0 aliphatic rings. The molecule has 0 saturated carbocycles. The van der Waals surface area contributed by atoms with Gasteiger partial charge in [0.1, 0.15) is 5.75 Å². The van der Waals surface area contributed by atoms with E-state index in [0.717, 1.165) is 22.3 Å². The summed E-state index contributed by atoms with van der Waals surface area (Å²) in [6, 6.07) is 24.9. The molecule has 10 heteroatoms. The highest BCUT2D eigenvalue weighted by Gasteiger charge is 2.13. The minimum absolute atomic E-state index is 0.00258. The fraction of sp³-hybridized carbons (Fsp3) is 0.257. The summed E-state index contributed by atoms with van der Waals surface area (Å²) in [6.07, 6.45) is 0.145. The molecule has 4 aromatic rings. The molecule has 4 aromatic carbocycles. The maximum absolute atomic E-state index is 12.7. The van der Waals surface area contributed by atoms with Crippen LogP contribution in [-0.2, 0) is 37.3 Å². The molecule has 0 spiro atoms. The molecule has 8 nitrogen and oxygen atoms in total. The van der Waals surface area contributed by atoms with E-state index in [1.165, 1.54) is 6.07 Å². The summed E-state index contributed by atoms with van der Waals surface area (Å²) in [5, 5.41) is 39.6. The lowest BCUT2D eigenvalue weighted by Gasteiger charge is -2.18. The third-order valence-electron chi connectivity index (χ3n) is 7.36. The second kappa shape index (κ2) is 16.4. The molecular weight excluding hydrogens is 613 g/mol. The van der Waals surface area contributed by atoms with Crippen molar-refractivity contribution in [2.75, 3.05) is 6.54 Å². The van der Waals surface area contributed by atoms with Crippen LogP contribution in [0.25, 0.3) is 0 Å². The van der Waals surface area contributed by atoms with E-state index in [-0.39, 0.29) is 36.6 Å². The maximum atomic E-state index is 12.7. The zero-order valence-corrected chi connectivity index (χ0v) is 26.4. The van der Waals surface area contributed by atoms with E-state index in [1.54, 1.807) is 42.5 Å². The monoisotopic (exact) mass is 649 g/mol. The second-order valence-electron chi connectivity index (χ2n) is 11.0. The van der Waals surface area contributed by atoms with E-state index in [9.17, 15) is 24.9 Å². The molecule has 0 fully saturated rings. The van der Waals surface area contributed by atoms with Crippen molar-refractivity contribution in [1.29, 1.82) is 0 Å². The van der Waals surface area contributed by atoms with Crippen molar-refractivity contribution in [3.05, 3.63) is 134 Å². The minimum atomic E-state index is -0.790. The van der Waals surface area contributed by atoms with Crippen molar-refractivity contribution >= 4 is 35.0 Å². The van der Waals surface area contributed by atoms with E-state index < -0.39 is 6.10 Å². The molecule has 0 radical (unpaired) electrons. The van der Waals surface area contributed by atoms with Gasteiger partial charge < -0.3 is 31.3 Å². The number of carbonyl (C=O) groups is 2. The Morgan fingerprint density at radius 1 is 0.800 bits per heavy atom. The van der Waals surface area contributed by atoms with Crippen LogP contribution in [0.2, 0.25) is 10.0 Å². The number of aliphatic hydroxyl groups excluding tert-OH is 2. The number of hydrogen-bond acceptors (Lipinski definition) is 6. The first-order chi connectivity index (χ1) is 21.6. The van der Waals surface area contributed by atoms with Crippen molar-refractivity contribution in [3.8, 4) is 5.75 Å². The molecule has 0 saturated heterocycles. The molecule has 0 aliphatic heterocycles. The number of nitrogens with one attached hydrogen (secondary N) is 3. The number of hydrogen-bond donors (Lipinski definition) is 6. The number of amides is 2. The third-order valence-corrected chi connectivity index (χ3v) is 8.10. The topological polar surface area (TPSA) is 131 Å². The molecule has 4 rings (SSSR count). The highest BCUT2D eigenvalue weighted by Crippen LogP contribution is 2.23. The van der Waals surface area contributed by atoms with Gasteiger partial charge in [0.05, 0.1) is 29.2 Å². The Morgan fingerprint density at radius 3 is 2.24 bits per heavy atom. The molecule has 0 bridgehead atoms. The summed E-state index contributed by atoms with van der Waals surface area (Å²) < 4.78 is 0. The van der Waals surface area contributed by atoms with Crippen LogP contribution in [0.5, 0.6) is 5.75 Å². The lowest BCUT2D eigenvalue weighted by molar-refractivity contribution is -0.120. The molecular formula is C35H37Cl2N3O5. The van der Waals surface area contributed by atoms with Gasteiger partial charge in [-0.2, -0.15) is 0 Å². The SMILES string of the molecule is C[C@H](Cc1cccc(CC(=O)NCc2ccc(C(=O)NCc3ccc(Cl)c(Cl)c3)cc2)c1)NC[C@H](O)c1ccc(O)c(CO)c1. The van der Waals surface area contributed by atoms with Gasteiger partial charge in [-0.3, -0.25) is 9.59 Å². The van der Waals surface area contributed by atoms with Gasteiger partial charge >= 0.3 is 0 Å². The number of rotatable bonds is 14. The van der Waals surface area contributed by atoms with Gasteiger partial charge in [0.15, 0.2) is 0 Å². The maximum Gasteiger partial charge on any atom is 0.251 e. The fourth-order valence-corrected chi connectivity index (χ4v) is 5.14. The molecule has 0 aromatic heterocycles. The van der Waals surface area contributed by atoms with Crippen LogP contribution in [0.15, 0.2) is 84.9 Å². The normalized spacial score (nSPS) is 12.4. The summed E-state index contributed by atoms with van der Waals surface area (Å²) in [7, 11) is 0. The highest BCUT2D eigenvalue weighted by atomic mass is 35.5. The number of carbonyl (C=O) groups excluding carboxylic acids is 2. The Labute approximate surface area is 273 Å². The van der Waals surface area contributed by atoms with Gasteiger partial charge in [0, 0.05) is 36.8 Å². The fourth-order valence-electron chi connectivity index (χ4n) is 4.82. The van der Waals surface area contributed by atoms with E-state index in [0.29, 0.717) is 52.8 Å². The van der Waals surface area contributed by atoms with Crippen molar-refractivity contribution < 1.29 is 24.9 Å². The van der Waals surface area contributed by atoms with Gasteiger partial charge in [-0.15, -0.1) is 0 Å². The van der Waals surface area contributed by atoms with E-state index in [1.807, 2.05) is 43.3 Å². The van der Waals surface area contributed by atoms with Crippen molar-refractivity contribution in [3.63, 3.8) is 0 Å². The lowest BCUT2D eigenvalue weighted by atomic mass is 10.0. The van der Waals surface area contributed by atoms with Crippen LogP contribution < -0.4 is 16.0 Å². The molecule has 236 valence electrons. The summed E-state index contributed by atoms with van der Waals surface area (Å²) >= 11 is 12.0. The summed E-state index contributed by atoms with van der Waals surface area (Å²) in [5.41, 5.74) is 5.17.